The fraction of sp³-hybridized carbons (Fsp3) is 0.652. The summed E-state index contributed by atoms with van der Waals surface area (Å²) in [6, 6.07) is 2.57. The zero-order valence-corrected chi connectivity index (χ0v) is 20.9. The number of rotatable bonds is 7. The molecule has 1 saturated heterocycles. The molecule has 1 aliphatic heterocycles. The minimum atomic E-state index is -0.126. The predicted molar refractivity (Wildman–Crippen MR) is 132 cm³/mol. The number of guanidine groups is 1. The second-order valence-electron chi connectivity index (χ2n) is 9.18. The van der Waals surface area contributed by atoms with Gasteiger partial charge in [-0.15, -0.1) is 24.0 Å². The van der Waals surface area contributed by atoms with Crippen LogP contribution in [0.1, 0.15) is 50.8 Å². The molecule has 3 aliphatic carbocycles. The molecule has 2 saturated carbocycles. The maximum atomic E-state index is 12.8. The number of carbonyl (C=O) groups excluding carboxylic acids is 2. The Kier molecular flexibility index (Phi) is 7.21. The molecular weight excluding hydrogens is 519 g/mol. The van der Waals surface area contributed by atoms with Crippen molar-refractivity contribution in [2.45, 2.75) is 51.6 Å². The van der Waals surface area contributed by atoms with Crippen LogP contribution in [0.5, 0.6) is 0 Å². The summed E-state index contributed by atoms with van der Waals surface area (Å²) in [6.45, 7) is 4.12. The molecule has 5 rings (SSSR count). The van der Waals surface area contributed by atoms with Crippen LogP contribution in [0.25, 0.3) is 0 Å². The van der Waals surface area contributed by atoms with Gasteiger partial charge in [-0.2, -0.15) is 5.10 Å². The number of amides is 2. The molecule has 0 spiro atoms. The van der Waals surface area contributed by atoms with Gasteiger partial charge in [-0.05, 0) is 44.1 Å². The highest BCUT2D eigenvalue weighted by Crippen LogP contribution is 2.52. The van der Waals surface area contributed by atoms with Crippen molar-refractivity contribution in [3.8, 4) is 0 Å². The van der Waals surface area contributed by atoms with E-state index in [1.54, 1.807) is 0 Å². The van der Waals surface area contributed by atoms with E-state index in [2.05, 4.69) is 38.7 Å². The maximum Gasteiger partial charge on any atom is 0.233 e. The average Bonchev–Trinajstić information content (AvgIpc) is 3.58. The molecule has 4 atom stereocenters. The van der Waals surface area contributed by atoms with Gasteiger partial charge in [0.05, 0.1) is 30.1 Å². The van der Waals surface area contributed by atoms with Crippen LogP contribution >= 0.6 is 24.0 Å². The molecule has 2 N–H and O–H groups in total. The summed E-state index contributed by atoms with van der Waals surface area (Å²) in [5.41, 5.74) is 0.949. The first kappa shape index (κ1) is 23.3. The average molecular weight is 552 g/mol. The molecule has 9 heteroatoms. The Morgan fingerprint density at radius 1 is 1.12 bits per heavy atom. The van der Waals surface area contributed by atoms with Crippen LogP contribution < -0.4 is 10.6 Å². The van der Waals surface area contributed by atoms with Crippen molar-refractivity contribution in [1.29, 1.82) is 0 Å². The number of hydrogen-bond donors (Lipinski definition) is 2. The summed E-state index contributed by atoms with van der Waals surface area (Å²) in [5, 5.41) is 11.2. The molecule has 32 heavy (non-hydrogen) atoms. The second-order valence-corrected chi connectivity index (χ2v) is 9.18. The van der Waals surface area contributed by atoms with Crippen molar-refractivity contribution in [1.82, 2.24) is 25.3 Å². The molecule has 4 aliphatic rings. The molecule has 174 valence electrons. The third-order valence-corrected chi connectivity index (χ3v) is 7.30. The van der Waals surface area contributed by atoms with Crippen molar-refractivity contribution in [3.05, 3.63) is 30.1 Å². The highest BCUT2D eigenvalue weighted by Gasteiger charge is 2.58. The molecule has 1 aromatic rings. The molecule has 2 bridgehead atoms. The van der Waals surface area contributed by atoms with Crippen LogP contribution in [0.2, 0.25) is 0 Å². The van der Waals surface area contributed by atoms with Crippen LogP contribution in [0.3, 0.4) is 0 Å². The Bertz CT molecular complexity index is 876. The van der Waals surface area contributed by atoms with E-state index in [4.69, 9.17) is 5.10 Å². The number of aliphatic imine (C=N–C) groups is 1. The highest BCUT2D eigenvalue weighted by molar-refractivity contribution is 14.0. The van der Waals surface area contributed by atoms with Crippen molar-refractivity contribution < 1.29 is 9.59 Å². The van der Waals surface area contributed by atoms with Gasteiger partial charge in [0.2, 0.25) is 11.8 Å². The summed E-state index contributed by atoms with van der Waals surface area (Å²) in [7, 11) is 0. The molecule has 1 aromatic heterocycles. The highest BCUT2D eigenvalue weighted by atomic mass is 127. The summed E-state index contributed by atoms with van der Waals surface area (Å²) in [5.74, 6) is 0.957. The lowest BCUT2D eigenvalue weighted by molar-refractivity contribution is -0.140. The third-order valence-electron chi connectivity index (χ3n) is 7.30. The smallest absolute Gasteiger partial charge is 0.233 e. The minimum Gasteiger partial charge on any atom is -0.357 e. The summed E-state index contributed by atoms with van der Waals surface area (Å²) in [4.78, 5) is 31.7. The molecule has 3 fully saturated rings. The normalized spacial score (nSPS) is 29.0. The van der Waals surface area contributed by atoms with Gasteiger partial charge in [0, 0.05) is 25.8 Å². The van der Waals surface area contributed by atoms with Gasteiger partial charge in [-0.25, -0.2) is 4.99 Å². The first-order valence-corrected chi connectivity index (χ1v) is 11.8. The van der Waals surface area contributed by atoms with Crippen LogP contribution in [0.15, 0.2) is 29.4 Å². The summed E-state index contributed by atoms with van der Waals surface area (Å²) < 4.78 is 2.08. The van der Waals surface area contributed by atoms with E-state index in [9.17, 15) is 9.59 Å². The Balaban J connectivity index is 0.00000245. The number of nitrogens with zero attached hydrogens (tertiary/aromatic N) is 4. The van der Waals surface area contributed by atoms with E-state index in [-0.39, 0.29) is 59.5 Å². The van der Waals surface area contributed by atoms with Gasteiger partial charge >= 0.3 is 0 Å². The molecule has 4 unspecified atom stereocenters. The van der Waals surface area contributed by atoms with Gasteiger partial charge in [0.1, 0.15) is 0 Å². The molecule has 0 aromatic carbocycles. The van der Waals surface area contributed by atoms with Crippen LogP contribution in [0, 0.1) is 23.7 Å². The fourth-order valence-electron chi connectivity index (χ4n) is 5.81. The summed E-state index contributed by atoms with van der Waals surface area (Å²) >= 11 is 0. The van der Waals surface area contributed by atoms with Gasteiger partial charge in [-0.3, -0.25) is 19.2 Å². The van der Waals surface area contributed by atoms with Crippen LogP contribution in [-0.2, 0) is 16.1 Å². The standard InChI is InChI=1S/C23H32N6O2.HI/c1-2-24-23(26-14-17-9-11-29(27-17)18-5-3-4-6-18)25-10-12-28-21(30)19-15-7-8-16(13-15)20(19)22(28)31;/h7-9,11,15-16,18-20H,2-6,10,12-14H2,1H3,(H2,24,25,26);1H. The number of fused-ring (bicyclic) bond motifs is 5. The molecule has 8 nitrogen and oxygen atoms in total. The number of allylic oxidation sites excluding steroid dienone is 2. The van der Waals surface area contributed by atoms with Gasteiger partial charge in [0.25, 0.3) is 0 Å². The van der Waals surface area contributed by atoms with Gasteiger partial charge in [0.15, 0.2) is 5.96 Å². The summed E-state index contributed by atoms with van der Waals surface area (Å²) in [6.07, 6.45) is 12.3. The topological polar surface area (TPSA) is 91.6 Å². The zero-order valence-electron chi connectivity index (χ0n) is 18.6. The SMILES string of the molecule is CCNC(=NCc1ccn(C2CCCC2)n1)NCCN1C(=O)C2C3C=CC(C3)C2C1=O.I. The number of aromatic nitrogens is 2. The Morgan fingerprint density at radius 3 is 2.47 bits per heavy atom. The largest absolute Gasteiger partial charge is 0.357 e. The van der Waals surface area contributed by atoms with Crippen LogP contribution in [-0.4, -0.2) is 52.1 Å². The maximum absolute atomic E-state index is 12.8. The van der Waals surface area contributed by atoms with Crippen LogP contribution in [0.4, 0.5) is 0 Å². The van der Waals surface area contributed by atoms with E-state index >= 15 is 0 Å². The number of halogens is 1. The number of hydrogen-bond acceptors (Lipinski definition) is 4. The predicted octanol–water partition coefficient (Wildman–Crippen LogP) is 2.48. The second kappa shape index (κ2) is 9.93. The van der Waals surface area contributed by atoms with Crippen molar-refractivity contribution in [2.24, 2.45) is 28.7 Å². The zero-order chi connectivity index (χ0) is 21.4. The lowest BCUT2D eigenvalue weighted by Gasteiger charge is -2.18. The van der Waals surface area contributed by atoms with Crippen molar-refractivity contribution in [3.63, 3.8) is 0 Å². The van der Waals surface area contributed by atoms with E-state index < -0.39 is 0 Å². The number of carbonyl (C=O) groups is 2. The number of imide groups is 1. The van der Waals surface area contributed by atoms with Gasteiger partial charge in [-0.1, -0.05) is 25.0 Å². The molecular formula is C23H33IN6O2. The Morgan fingerprint density at radius 2 is 1.81 bits per heavy atom. The monoisotopic (exact) mass is 552 g/mol. The molecule has 2 heterocycles. The van der Waals surface area contributed by atoms with Crippen molar-refractivity contribution in [2.75, 3.05) is 19.6 Å². The lowest BCUT2D eigenvalue weighted by Crippen LogP contribution is -2.43. The van der Waals surface area contributed by atoms with Gasteiger partial charge < -0.3 is 10.6 Å². The fourth-order valence-corrected chi connectivity index (χ4v) is 5.81. The van der Waals surface area contributed by atoms with E-state index in [0.29, 0.717) is 31.6 Å². The lowest BCUT2D eigenvalue weighted by atomic mass is 9.85. The molecule has 2 amide bonds. The third kappa shape index (κ3) is 4.32. The van der Waals surface area contributed by atoms with E-state index in [0.717, 1.165) is 18.7 Å². The quantitative estimate of drug-likeness (QED) is 0.178. The number of nitrogens with one attached hydrogen (secondary N) is 2. The van der Waals surface area contributed by atoms with E-state index in [1.165, 1.54) is 30.6 Å². The Hall–Kier alpha value is -1.91. The minimum absolute atomic E-state index is 0. The van der Waals surface area contributed by atoms with E-state index in [1.807, 2.05) is 13.0 Å². The van der Waals surface area contributed by atoms with Crippen molar-refractivity contribution >= 4 is 41.8 Å². The first-order chi connectivity index (χ1) is 15.2. The Labute approximate surface area is 206 Å². The first-order valence-electron chi connectivity index (χ1n) is 11.8. The number of likely N-dealkylation sites (tertiary alicyclic amines) is 1. The molecule has 0 radical (unpaired) electrons.